The van der Waals surface area contributed by atoms with Gasteiger partial charge in [0.2, 0.25) is 0 Å². The maximum absolute atomic E-state index is 10.3. The molecule has 0 saturated carbocycles. The Morgan fingerprint density at radius 3 is 1.73 bits per heavy atom. The fourth-order valence-electron chi connectivity index (χ4n) is 0.197. The van der Waals surface area contributed by atoms with E-state index in [0.29, 0.717) is 0 Å². The zero-order valence-corrected chi connectivity index (χ0v) is 7.80. The standard InChI is InChI=1S/C4H8GeN2O4/c6-1-3(8)10-5-11-4(9)2-7/h1-2,6-7H2. The van der Waals surface area contributed by atoms with E-state index in [9.17, 15) is 9.59 Å². The van der Waals surface area contributed by atoms with Crippen molar-refractivity contribution in [2.75, 3.05) is 13.1 Å². The summed E-state index contributed by atoms with van der Waals surface area (Å²) in [7, 11) is 0. The van der Waals surface area contributed by atoms with Gasteiger partial charge in [-0.15, -0.1) is 0 Å². The summed E-state index contributed by atoms with van der Waals surface area (Å²) in [5, 5.41) is 0. The first kappa shape index (κ1) is 10.4. The van der Waals surface area contributed by atoms with Crippen molar-refractivity contribution in [2.24, 2.45) is 11.5 Å². The van der Waals surface area contributed by atoms with Crippen molar-refractivity contribution in [3.05, 3.63) is 0 Å². The maximum atomic E-state index is 10.3. The summed E-state index contributed by atoms with van der Waals surface area (Å²) in [5.74, 6) is -1.15. The average Bonchev–Trinajstić information content (AvgIpc) is 2.04. The summed E-state index contributed by atoms with van der Waals surface area (Å²) in [6.45, 7) is -0.409. The van der Waals surface area contributed by atoms with E-state index in [1.165, 1.54) is 0 Å². The van der Waals surface area contributed by atoms with E-state index in [2.05, 4.69) is 7.53 Å². The van der Waals surface area contributed by atoms with Crippen molar-refractivity contribution in [3.63, 3.8) is 0 Å². The molecule has 62 valence electrons. The summed E-state index contributed by atoms with van der Waals surface area (Å²) in [5.41, 5.74) is 9.80. The minimum absolute atomic E-state index is 0.205. The molecule has 0 amide bonds. The Morgan fingerprint density at radius 2 is 1.45 bits per heavy atom. The third-order valence-electron chi connectivity index (χ3n) is 0.644. The van der Waals surface area contributed by atoms with Crippen molar-refractivity contribution in [1.82, 2.24) is 0 Å². The summed E-state index contributed by atoms with van der Waals surface area (Å²) in [6, 6.07) is 0. The molecule has 0 aromatic carbocycles. The van der Waals surface area contributed by atoms with Gasteiger partial charge < -0.3 is 0 Å². The molecule has 2 radical (unpaired) electrons. The van der Waals surface area contributed by atoms with Crippen LogP contribution in [0.2, 0.25) is 0 Å². The Hall–Kier alpha value is -0.597. The monoisotopic (exact) mass is 222 g/mol. The molecule has 0 bridgehead atoms. The fraction of sp³-hybridized carbons (Fsp3) is 0.500. The Kier molecular flexibility index (Phi) is 5.80. The number of rotatable bonds is 4. The molecule has 0 heterocycles. The first-order valence-electron chi connectivity index (χ1n) is 2.75. The molecule has 0 aromatic rings. The normalized spacial score (nSPS) is 8.91. The van der Waals surface area contributed by atoms with Gasteiger partial charge in [0.05, 0.1) is 0 Å². The zero-order chi connectivity index (χ0) is 8.69. The first-order chi connectivity index (χ1) is 5.20. The molecule has 0 unspecified atom stereocenters. The van der Waals surface area contributed by atoms with E-state index < -0.39 is 28.0 Å². The van der Waals surface area contributed by atoms with Crippen LogP contribution in [0.25, 0.3) is 0 Å². The van der Waals surface area contributed by atoms with E-state index in [0.717, 1.165) is 0 Å². The Morgan fingerprint density at radius 1 is 1.09 bits per heavy atom. The van der Waals surface area contributed by atoms with Crippen LogP contribution in [0, 0.1) is 0 Å². The van der Waals surface area contributed by atoms with E-state index in [1.807, 2.05) is 0 Å². The number of hydrogen-bond donors (Lipinski definition) is 2. The topological polar surface area (TPSA) is 105 Å². The van der Waals surface area contributed by atoms with Crippen molar-refractivity contribution in [2.45, 2.75) is 0 Å². The van der Waals surface area contributed by atoms with Crippen molar-refractivity contribution in [3.8, 4) is 0 Å². The first-order valence-corrected chi connectivity index (χ1v) is 4.46. The van der Waals surface area contributed by atoms with Gasteiger partial charge in [-0.05, 0) is 0 Å². The second kappa shape index (κ2) is 6.13. The molecular weight excluding hydrogens is 213 g/mol. The van der Waals surface area contributed by atoms with Crippen LogP contribution in [0.1, 0.15) is 0 Å². The second-order valence-electron chi connectivity index (χ2n) is 1.44. The van der Waals surface area contributed by atoms with Gasteiger partial charge in [0.25, 0.3) is 0 Å². The summed E-state index contributed by atoms with van der Waals surface area (Å²) in [4.78, 5) is 20.7. The van der Waals surface area contributed by atoms with Gasteiger partial charge in [-0.25, -0.2) is 0 Å². The molecule has 0 saturated heterocycles. The van der Waals surface area contributed by atoms with Crippen LogP contribution in [0.15, 0.2) is 0 Å². The molecule has 7 heteroatoms. The Labute approximate surface area is 70.4 Å². The van der Waals surface area contributed by atoms with E-state index in [4.69, 9.17) is 11.5 Å². The molecule has 0 rings (SSSR count). The van der Waals surface area contributed by atoms with Crippen LogP contribution >= 0.6 is 0 Å². The van der Waals surface area contributed by atoms with Crippen LogP contribution < -0.4 is 11.5 Å². The molecule has 0 aliphatic rings. The zero-order valence-electron chi connectivity index (χ0n) is 5.70. The molecule has 11 heavy (non-hydrogen) atoms. The molecular formula is C4H8GeN2O4. The number of hydrogen-bond acceptors (Lipinski definition) is 6. The predicted molar refractivity (Wildman–Crippen MR) is 36.0 cm³/mol. The van der Waals surface area contributed by atoms with Crippen LogP contribution in [0.3, 0.4) is 0 Å². The average molecular weight is 221 g/mol. The van der Waals surface area contributed by atoms with Gasteiger partial charge in [0.15, 0.2) is 0 Å². The van der Waals surface area contributed by atoms with E-state index >= 15 is 0 Å². The molecule has 0 atom stereocenters. The van der Waals surface area contributed by atoms with Gasteiger partial charge in [-0.3, -0.25) is 0 Å². The van der Waals surface area contributed by atoms with Gasteiger partial charge >= 0.3 is 69.7 Å². The third kappa shape index (κ3) is 5.83. The minimum atomic E-state index is -1.45. The van der Waals surface area contributed by atoms with Gasteiger partial charge in [-0.2, -0.15) is 0 Å². The molecule has 0 fully saturated rings. The summed E-state index contributed by atoms with van der Waals surface area (Å²) >= 11 is -1.45. The quantitative estimate of drug-likeness (QED) is 0.509. The molecule has 0 aromatic heterocycles. The van der Waals surface area contributed by atoms with Gasteiger partial charge in [0.1, 0.15) is 0 Å². The Bertz CT molecular complexity index is 135. The molecule has 0 aliphatic carbocycles. The van der Waals surface area contributed by atoms with Crippen molar-refractivity contribution in [1.29, 1.82) is 0 Å². The van der Waals surface area contributed by atoms with Gasteiger partial charge in [-0.1, -0.05) is 0 Å². The van der Waals surface area contributed by atoms with Crippen molar-refractivity contribution < 1.29 is 17.1 Å². The number of nitrogens with two attached hydrogens (primary N) is 2. The van der Waals surface area contributed by atoms with Crippen LogP contribution in [0.5, 0.6) is 0 Å². The van der Waals surface area contributed by atoms with E-state index in [-0.39, 0.29) is 13.1 Å². The third-order valence-corrected chi connectivity index (χ3v) is 1.95. The van der Waals surface area contributed by atoms with E-state index in [1.54, 1.807) is 0 Å². The molecule has 0 spiro atoms. The predicted octanol–water partition coefficient (Wildman–Crippen LogP) is -2.48. The summed E-state index contributed by atoms with van der Waals surface area (Å²) < 4.78 is 8.85. The second-order valence-corrected chi connectivity index (χ2v) is 2.65. The molecule has 4 N–H and O–H groups in total. The molecule has 0 aliphatic heterocycles. The summed E-state index contributed by atoms with van der Waals surface area (Å²) in [6.07, 6.45) is 0. The van der Waals surface area contributed by atoms with Gasteiger partial charge in [0, 0.05) is 0 Å². The fourth-order valence-corrected chi connectivity index (χ4v) is 1.02. The van der Waals surface area contributed by atoms with Crippen LogP contribution in [-0.2, 0) is 17.1 Å². The number of carbonyl (C=O) groups is 2. The number of carbonyl (C=O) groups excluding carboxylic acids is 2. The SMILES string of the molecule is NCC(=O)[O][Ge][O]C(=O)CN. The Balaban J connectivity index is 3.27. The van der Waals surface area contributed by atoms with Crippen LogP contribution in [0.4, 0.5) is 0 Å². The van der Waals surface area contributed by atoms with Crippen molar-refractivity contribution >= 4 is 28.0 Å². The molecule has 6 nitrogen and oxygen atoms in total. The van der Waals surface area contributed by atoms with Crippen LogP contribution in [-0.4, -0.2) is 41.1 Å².